The number of fused-ring (bicyclic) bond motifs is 1. The van der Waals surface area contributed by atoms with Crippen LogP contribution in [0, 0.1) is 0 Å². The predicted molar refractivity (Wildman–Crippen MR) is 147 cm³/mol. The molecule has 1 saturated heterocycles. The van der Waals surface area contributed by atoms with Crippen LogP contribution in [-0.4, -0.2) is 47.4 Å². The van der Waals surface area contributed by atoms with Gasteiger partial charge in [0.25, 0.3) is 11.7 Å². The van der Waals surface area contributed by atoms with Gasteiger partial charge < -0.3 is 24.5 Å². The summed E-state index contributed by atoms with van der Waals surface area (Å²) in [5.41, 5.74) is 2.60. The van der Waals surface area contributed by atoms with E-state index in [4.69, 9.17) is 32.7 Å². The number of benzene rings is 3. The molecular formula is C29H24Cl2N2O5. The number of nitrogens with one attached hydrogen (secondary N) is 1. The van der Waals surface area contributed by atoms with Crippen molar-refractivity contribution in [3.63, 3.8) is 0 Å². The van der Waals surface area contributed by atoms with Crippen molar-refractivity contribution < 1.29 is 24.2 Å². The molecule has 0 bridgehead atoms. The van der Waals surface area contributed by atoms with Crippen molar-refractivity contribution >= 4 is 51.6 Å². The molecule has 1 aliphatic rings. The largest absolute Gasteiger partial charge is 0.507 e. The van der Waals surface area contributed by atoms with Crippen LogP contribution in [0.2, 0.25) is 10.0 Å². The lowest BCUT2D eigenvalue weighted by Gasteiger charge is -2.26. The van der Waals surface area contributed by atoms with E-state index in [2.05, 4.69) is 4.98 Å². The fourth-order valence-corrected chi connectivity index (χ4v) is 5.38. The molecule has 38 heavy (non-hydrogen) atoms. The Morgan fingerprint density at radius 3 is 2.55 bits per heavy atom. The van der Waals surface area contributed by atoms with Crippen molar-refractivity contribution in [3.05, 3.63) is 99.2 Å². The van der Waals surface area contributed by atoms with Crippen molar-refractivity contribution in [2.24, 2.45) is 0 Å². The first-order valence-electron chi connectivity index (χ1n) is 11.8. The molecule has 1 atom stereocenters. The van der Waals surface area contributed by atoms with E-state index in [9.17, 15) is 14.7 Å². The van der Waals surface area contributed by atoms with Crippen LogP contribution in [0.3, 0.4) is 0 Å². The number of likely N-dealkylation sites (tertiary alicyclic amines) is 1. The highest BCUT2D eigenvalue weighted by atomic mass is 35.5. The molecule has 4 aromatic rings. The molecule has 1 fully saturated rings. The maximum atomic E-state index is 13.4. The molecule has 0 aliphatic carbocycles. The lowest BCUT2D eigenvalue weighted by atomic mass is 9.94. The number of ether oxygens (including phenoxy) is 2. The smallest absolute Gasteiger partial charge is 0.295 e. The SMILES string of the molecule is COc1ccc2[nH]cc(CCN3C(=O)C(=O)C(=C(O)c4ccc(Cl)cc4Cl)[C@H]3c3ccccc3OC)c2c1. The highest BCUT2D eigenvalue weighted by Gasteiger charge is 2.47. The van der Waals surface area contributed by atoms with E-state index in [1.807, 2.05) is 24.4 Å². The Kier molecular flexibility index (Phi) is 7.06. The first-order chi connectivity index (χ1) is 18.3. The van der Waals surface area contributed by atoms with Crippen LogP contribution < -0.4 is 9.47 Å². The molecule has 0 unspecified atom stereocenters. The highest BCUT2D eigenvalue weighted by Crippen LogP contribution is 2.43. The van der Waals surface area contributed by atoms with E-state index < -0.39 is 17.7 Å². The minimum absolute atomic E-state index is 0.0654. The minimum atomic E-state index is -0.891. The zero-order chi connectivity index (χ0) is 27.0. The Hall–Kier alpha value is -3.94. The maximum absolute atomic E-state index is 13.4. The van der Waals surface area contributed by atoms with Gasteiger partial charge in [0.2, 0.25) is 0 Å². The van der Waals surface area contributed by atoms with Crippen LogP contribution in [0.5, 0.6) is 11.5 Å². The van der Waals surface area contributed by atoms with Gasteiger partial charge in [-0.15, -0.1) is 0 Å². The van der Waals surface area contributed by atoms with E-state index in [0.717, 1.165) is 16.5 Å². The molecule has 3 aromatic carbocycles. The molecule has 0 radical (unpaired) electrons. The number of para-hydroxylation sites is 1. The second-order valence-corrected chi connectivity index (χ2v) is 9.68. The van der Waals surface area contributed by atoms with Crippen LogP contribution in [0.1, 0.15) is 22.7 Å². The van der Waals surface area contributed by atoms with Gasteiger partial charge in [-0.2, -0.15) is 0 Å². The number of Topliss-reactive ketones (excluding diaryl/α,β-unsaturated/α-hetero) is 1. The molecule has 2 heterocycles. The number of aromatic amines is 1. The number of aliphatic hydroxyl groups is 1. The Morgan fingerprint density at radius 2 is 1.82 bits per heavy atom. The quantitative estimate of drug-likeness (QED) is 0.163. The average Bonchev–Trinajstić information content (AvgIpc) is 3.44. The van der Waals surface area contributed by atoms with Gasteiger partial charge >= 0.3 is 0 Å². The van der Waals surface area contributed by atoms with Crippen molar-refractivity contribution in [2.45, 2.75) is 12.5 Å². The van der Waals surface area contributed by atoms with E-state index in [0.29, 0.717) is 28.5 Å². The summed E-state index contributed by atoms with van der Waals surface area (Å²) in [4.78, 5) is 31.5. The second kappa shape index (κ2) is 10.4. The maximum Gasteiger partial charge on any atom is 0.295 e. The van der Waals surface area contributed by atoms with Crippen molar-refractivity contribution in [2.75, 3.05) is 20.8 Å². The van der Waals surface area contributed by atoms with Gasteiger partial charge in [-0.3, -0.25) is 9.59 Å². The molecule has 194 valence electrons. The molecule has 1 amide bonds. The molecule has 7 nitrogen and oxygen atoms in total. The third kappa shape index (κ3) is 4.48. The first-order valence-corrected chi connectivity index (χ1v) is 12.6. The molecule has 0 spiro atoms. The van der Waals surface area contributed by atoms with E-state index in [-0.39, 0.29) is 28.5 Å². The molecule has 0 saturated carbocycles. The number of hydrogen-bond acceptors (Lipinski definition) is 5. The Bertz CT molecular complexity index is 1590. The topological polar surface area (TPSA) is 91.9 Å². The van der Waals surface area contributed by atoms with Gasteiger partial charge in [0.1, 0.15) is 17.3 Å². The zero-order valence-corrected chi connectivity index (χ0v) is 22.1. The number of halogens is 2. The van der Waals surface area contributed by atoms with Gasteiger partial charge in [0.15, 0.2) is 0 Å². The van der Waals surface area contributed by atoms with Gasteiger partial charge in [-0.1, -0.05) is 41.4 Å². The van der Waals surface area contributed by atoms with Crippen molar-refractivity contribution in [1.29, 1.82) is 0 Å². The lowest BCUT2D eigenvalue weighted by molar-refractivity contribution is -0.139. The number of carbonyl (C=O) groups excluding carboxylic acids is 2. The first kappa shape index (κ1) is 25.7. The summed E-state index contributed by atoms with van der Waals surface area (Å²) >= 11 is 12.4. The number of H-pyrrole nitrogens is 1. The highest BCUT2D eigenvalue weighted by molar-refractivity contribution is 6.47. The average molecular weight is 551 g/mol. The summed E-state index contributed by atoms with van der Waals surface area (Å²) in [6.07, 6.45) is 2.33. The fraction of sp³-hybridized carbons (Fsp3) is 0.172. The number of hydrogen-bond donors (Lipinski definition) is 2. The lowest BCUT2D eigenvalue weighted by Crippen LogP contribution is -2.31. The van der Waals surface area contributed by atoms with E-state index in [1.165, 1.54) is 24.1 Å². The summed E-state index contributed by atoms with van der Waals surface area (Å²) in [6.45, 7) is 0.211. The number of aliphatic hydroxyl groups excluding tert-OH is 1. The molecule has 1 aromatic heterocycles. The fourth-order valence-electron chi connectivity index (χ4n) is 4.89. The molecule has 5 rings (SSSR count). The minimum Gasteiger partial charge on any atom is -0.507 e. The number of aromatic nitrogens is 1. The standard InChI is InChI=1S/C29H24Cl2N2O5/c1-37-18-8-10-23-21(14-18)16(15-32-23)11-12-33-26(20-5-3-4-6-24(20)38-2)25(28(35)29(33)36)27(34)19-9-7-17(30)13-22(19)31/h3-10,13-15,26,32,34H,11-12H2,1-2H3/t26-/m1/s1. The van der Waals surface area contributed by atoms with Gasteiger partial charge in [-0.25, -0.2) is 0 Å². The Labute approximate surface area is 229 Å². The molecule has 9 heteroatoms. The summed E-state index contributed by atoms with van der Waals surface area (Å²) < 4.78 is 10.9. The van der Waals surface area contributed by atoms with Gasteiger partial charge in [0, 0.05) is 39.8 Å². The molecule has 1 aliphatic heterocycles. The monoisotopic (exact) mass is 550 g/mol. The van der Waals surface area contributed by atoms with Gasteiger partial charge in [-0.05, 0) is 54.4 Å². The number of carbonyl (C=O) groups is 2. The third-order valence-corrected chi connectivity index (χ3v) is 7.30. The molecule has 2 N–H and O–H groups in total. The van der Waals surface area contributed by atoms with Crippen molar-refractivity contribution in [1.82, 2.24) is 9.88 Å². The summed E-state index contributed by atoms with van der Waals surface area (Å²) in [5.74, 6) is -0.697. The van der Waals surface area contributed by atoms with Crippen LogP contribution in [0.15, 0.2) is 72.4 Å². The van der Waals surface area contributed by atoms with E-state index >= 15 is 0 Å². The summed E-state index contributed by atoms with van der Waals surface area (Å²) in [7, 11) is 3.12. The number of ketones is 1. The molecular weight excluding hydrogens is 527 g/mol. The zero-order valence-electron chi connectivity index (χ0n) is 20.6. The van der Waals surface area contributed by atoms with Gasteiger partial charge in [0.05, 0.1) is 30.9 Å². The van der Waals surface area contributed by atoms with Crippen LogP contribution in [-0.2, 0) is 16.0 Å². The van der Waals surface area contributed by atoms with Crippen LogP contribution in [0.25, 0.3) is 16.7 Å². The Balaban J connectivity index is 1.60. The normalized spacial score (nSPS) is 16.8. The van der Waals surface area contributed by atoms with E-state index in [1.54, 1.807) is 37.4 Å². The van der Waals surface area contributed by atoms with Crippen molar-refractivity contribution in [3.8, 4) is 11.5 Å². The third-order valence-electron chi connectivity index (χ3n) is 6.76. The second-order valence-electron chi connectivity index (χ2n) is 8.83. The predicted octanol–water partition coefficient (Wildman–Crippen LogP) is 6.16. The Morgan fingerprint density at radius 1 is 1.03 bits per heavy atom. The summed E-state index contributed by atoms with van der Waals surface area (Å²) in [6, 6.07) is 16.5. The number of methoxy groups -OCH3 is 2. The number of rotatable bonds is 7. The number of nitrogens with zero attached hydrogens (tertiary/aromatic N) is 1. The summed E-state index contributed by atoms with van der Waals surface area (Å²) in [5, 5.41) is 12.8. The number of amides is 1. The van der Waals surface area contributed by atoms with Crippen LogP contribution >= 0.6 is 23.2 Å². The van der Waals surface area contributed by atoms with Crippen LogP contribution in [0.4, 0.5) is 0 Å².